The lowest BCUT2D eigenvalue weighted by Gasteiger charge is -2.27. The number of guanidine groups is 1. The van der Waals surface area contributed by atoms with Gasteiger partial charge in [-0.25, -0.2) is 14.8 Å². The van der Waals surface area contributed by atoms with Crippen LogP contribution in [0.4, 0.5) is 21.3 Å². The molecule has 0 spiro atoms. The number of carbonyl (C=O) groups excluding carboxylic acids is 1. The first-order valence-corrected chi connectivity index (χ1v) is 14.4. The van der Waals surface area contributed by atoms with Crippen molar-refractivity contribution in [3.8, 4) is 11.3 Å². The van der Waals surface area contributed by atoms with E-state index in [2.05, 4.69) is 56.2 Å². The SMILES string of the molecule is CCN(CC)CCN(C)C1=Nc2sc3nc(-c4ccc(NC(=O)Nc5cc(C(C)(C)C)on5)cc4)cn3c2CN1. The van der Waals surface area contributed by atoms with E-state index in [0.29, 0.717) is 23.8 Å². The number of rotatable bonds is 8. The summed E-state index contributed by atoms with van der Waals surface area (Å²) in [6.07, 6.45) is 2.05. The number of urea groups is 1. The van der Waals surface area contributed by atoms with Crippen molar-refractivity contribution in [3.05, 3.63) is 48.0 Å². The highest BCUT2D eigenvalue weighted by Crippen LogP contribution is 2.35. The highest BCUT2D eigenvalue weighted by atomic mass is 32.1. The number of fused-ring (bicyclic) bond motifs is 3. The predicted molar refractivity (Wildman–Crippen MR) is 161 cm³/mol. The van der Waals surface area contributed by atoms with E-state index in [-0.39, 0.29) is 11.4 Å². The van der Waals surface area contributed by atoms with Crippen LogP contribution in [0.5, 0.6) is 0 Å². The fourth-order valence-corrected chi connectivity index (χ4v) is 5.41. The molecule has 212 valence electrons. The normalized spacial score (nSPS) is 13.2. The number of anilines is 2. The second kappa shape index (κ2) is 11.3. The number of hydrogen-bond acceptors (Lipinski definition) is 9. The number of nitrogens with one attached hydrogen (secondary N) is 3. The molecule has 1 aliphatic heterocycles. The summed E-state index contributed by atoms with van der Waals surface area (Å²) in [7, 11) is 2.08. The summed E-state index contributed by atoms with van der Waals surface area (Å²) in [5.74, 6) is 1.97. The third-order valence-corrected chi connectivity index (χ3v) is 7.95. The summed E-state index contributed by atoms with van der Waals surface area (Å²) in [6.45, 7) is 15.2. The van der Waals surface area contributed by atoms with Gasteiger partial charge in [-0.05, 0) is 25.2 Å². The Labute approximate surface area is 238 Å². The molecule has 1 aliphatic rings. The molecule has 40 heavy (non-hydrogen) atoms. The summed E-state index contributed by atoms with van der Waals surface area (Å²) in [5.41, 5.74) is 3.42. The molecule has 0 unspecified atom stereocenters. The van der Waals surface area contributed by atoms with Gasteiger partial charge in [-0.15, -0.1) is 0 Å². The minimum atomic E-state index is -0.387. The number of imidazole rings is 1. The van der Waals surface area contributed by atoms with E-state index in [0.717, 1.165) is 59.1 Å². The minimum Gasteiger partial charge on any atom is -0.359 e. The van der Waals surface area contributed by atoms with Crippen molar-refractivity contribution in [1.29, 1.82) is 0 Å². The second-order valence-corrected chi connectivity index (χ2v) is 11.8. The third-order valence-electron chi connectivity index (χ3n) is 6.96. The van der Waals surface area contributed by atoms with Crippen LogP contribution >= 0.6 is 11.3 Å². The van der Waals surface area contributed by atoms with Gasteiger partial charge < -0.3 is 25.0 Å². The number of carbonyl (C=O) groups is 1. The van der Waals surface area contributed by atoms with E-state index in [1.807, 2.05) is 51.2 Å². The first kappa shape index (κ1) is 27.7. The maximum absolute atomic E-state index is 12.4. The number of aliphatic imine (C=N–C) groups is 1. The standard InChI is InChI=1S/C28H37N9O2S/c1-7-36(8-2)14-13-35(6)25-29-16-21-24(33-25)40-27-31-20(17-37(21)27)18-9-11-19(12-10-18)30-26(38)32-23-15-22(39-34-23)28(3,4)5/h9-12,15,17H,7-8,13-14,16H2,1-6H3,(H,29,33)(H2,30,32,34,38). The molecule has 3 aromatic heterocycles. The molecule has 0 atom stereocenters. The van der Waals surface area contributed by atoms with Crippen LogP contribution in [0.15, 0.2) is 46.0 Å². The molecular weight excluding hydrogens is 526 g/mol. The van der Waals surface area contributed by atoms with Crippen LogP contribution < -0.4 is 16.0 Å². The number of hydrogen-bond donors (Lipinski definition) is 3. The Morgan fingerprint density at radius 3 is 2.58 bits per heavy atom. The zero-order chi connectivity index (χ0) is 28.4. The molecule has 0 fully saturated rings. The fourth-order valence-electron chi connectivity index (χ4n) is 4.41. The highest BCUT2D eigenvalue weighted by molar-refractivity contribution is 7.20. The third kappa shape index (κ3) is 5.97. The average Bonchev–Trinajstić information content (AvgIpc) is 3.64. The Hall–Kier alpha value is -3.90. The largest absolute Gasteiger partial charge is 0.359 e. The molecule has 0 saturated heterocycles. The van der Waals surface area contributed by atoms with Gasteiger partial charge in [-0.3, -0.25) is 9.72 Å². The summed E-state index contributed by atoms with van der Waals surface area (Å²) < 4.78 is 7.44. The number of thiazole rings is 1. The van der Waals surface area contributed by atoms with Crippen molar-refractivity contribution in [3.63, 3.8) is 0 Å². The van der Waals surface area contributed by atoms with Crippen molar-refractivity contribution in [1.82, 2.24) is 29.7 Å². The van der Waals surface area contributed by atoms with Gasteiger partial charge in [0.25, 0.3) is 0 Å². The van der Waals surface area contributed by atoms with Gasteiger partial charge in [0.1, 0.15) is 10.8 Å². The Kier molecular flexibility index (Phi) is 7.81. The molecular formula is C28H37N9O2S. The van der Waals surface area contributed by atoms with Crippen LogP contribution in [0.2, 0.25) is 0 Å². The first-order chi connectivity index (χ1) is 19.1. The van der Waals surface area contributed by atoms with Crippen molar-refractivity contribution in [2.24, 2.45) is 4.99 Å². The summed E-state index contributed by atoms with van der Waals surface area (Å²) in [6, 6.07) is 8.95. The molecule has 4 heterocycles. The van der Waals surface area contributed by atoms with E-state index in [4.69, 9.17) is 14.5 Å². The van der Waals surface area contributed by atoms with Crippen LogP contribution in [0.25, 0.3) is 16.2 Å². The van der Waals surface area contributed by atoms with Crippen molar-refractivity contribution in [2.75, 3.05) is 43.9 Å². The van der Waals surface area contributed by atoms with Gasteiger partial charge in [0.2, 0.25) is 0 Å². The van der Waals surface area contributed by atoms with Crippen molar-refractivity contribution < 1.29 is 9.32 Å². The number of aromatic nitrogens is 3. The maximum atomic E-state index is 12.4. The van der Waals surface area contributed by atoms with E-state index in [9.17, 15) is 4.79 Å². The van der Waals surface area contributed by atoms with Crippen LogP contribution in [0, 0.1) is 0 Å². The smallest absolute Gasteiger partial charge is 0.324 e. The van der Waals surface area contributed by atoms with Crippen LogP contribution in [0.3, 0.4) is 0 Å². The molecule has 0 bridgehead atoms. The monoisotopic (exact) mass is 563 g/mol. The number of likely N-dealkylation sites (N-methyl/N-ethyl adjacent to an activating group) is 2. The number of nitrogens with zero attached hydrogens (tertiary/aromatic N) is 6. The van der Waals surface area contributed by atoms with E-state index < -0.39 is 0 Å². The van der Waals surface area contributed by atoms with Gasteiger partial charge in [0.05, 0.1) is 17.9 Å². The Balaban J connectivity index is 1.22. The molecule has 3 N–H and O–H groups in total. The summed E-state index contributed by atoms with van der Waals surface area (Å²) in [5, 5.41) is 13.9. The lowest BCUT2D eigenvalue weighted by molar-refractivity contribution is 0.262. The molecule has 1 aromatic carbocycles. The Bertz CT molecular complexity index is 1510. The quantitative estimate of drug-likeness (QED) is 0.264. The molecule has 2 amide bonds. The van der Waals surface area contributed by atoms with E-state index in [1.165, 1.54) is 0 Å². The summed E-state index contributed by atoms with van der Waals surface area (Å²) >= 11 is 1.59. The molecule has 12 heteroatoms. The summed E-state index contributed by atoms with van der Waals surface area (Å²) in [4.78, 5) is 27.7. The van der Waals surface area contributed by atoms with Gasteiger partial charge in [-0.2, -0.15) is 0 Å². The Morgan fingerprint density at radius 1 is 1.15 bits per heavy atom. The molecule has 0 aliphatic carbocycles. The predicted octanol–water partition coefficient (Wildman–Crippen LogP) is 5.36. The Morgan fingerprint density at radius 2 is 1.90 bits per heavy atom. The first-order valence-electron chi connectivity index (χ1n) is 13.6. The van der Waals surface area contributed by atoms with Crippen molar-refractivity contribution in [2.45, 2.75) is 46.6 Å². The van der Waals surface area contributed by atoms with Gasteiger partial charge in [0, 0.05) is 49.1 Å². The molecule has 4 aromatic rings. The molecule has 0 radical (unpaired) electrons. The van der Waals surface area contributed by atoms with Gasteiger partial charge in [-0.1, -0.05) is 63.2 Å². The molecule has 0 saturated carbocycles. The average molecular weight is 564 g/mol. The zero-order valence-corrected chi connectivity index (χ0v) is 24.7. The zero-order valence-electron chi connectivity index (χ0n) is 23.9. The lowest BCUT2D eigenvalue weighted by Crippen LogP contribution is -2.43. The van der Waals surface area contributed by atoms with Crippen LogP contribution in [-0.2, 0) is 12.0 Å². The van der Waals surface area contributed by atoms with Crippen molar-refractivity contribution >= 4 is 44.8 Å². The molecule has 5 rings (SSSR count). The van der Waals surface area contributed by atoms with Gasteiger partial charge in [0.15, 0.2) is 16.7 Å². The number of amides is 2. The maximum Gasteiger partial charge on any atom is 0.324 e. The topological polar surface area (TPSA) is 115 Å². The lowest BCUT2D eigenvalue weighted by atomic mass is 9.93. The molecule has 11 nitrogen and oxygen atoms in total. The van der Waals surface area contributed by atoms with Crippen LogP contribution in [-0.4, -0.2) is 69.6 Å². The highest BCUT2D eigenvalue weighted by Gasteiger charge is 2.22. The van der Waals surface area contributed by atoms with E-state index in [1.54, 1.807) is 17.4 Å². The fraction of sp³-hybridized carbons (Fsp3) is 0.429. The number of benzene rings is 1. The minimum absolute atomic E-state index is 0.186. The van der Waals surface area contributed by atoms with Gasteiger partial charge >= 0.3 is 6.03 Å². The van der Waals surface area contributed by atoms with Crippen LogP contribution in [0.1, 0.15) is 46.1 Å². The second-order valence-electron chi connectivity index (χ2n) is 10.9. The van der Waals surface area contributed by atoms with E-state index >= 15 is 0 Å².